The summed E-state index contributed by atoms with van der Waals surface area (Å²) >= 11 is 0. The van der Waals surface area contributed by atoms with Gasteiger partial charge in [0.15, 0.2) is 5.58 Å². The van der Waals surface area contributed by atoms with Crippen LogP contribution in [0.1, 0.15) is 51.9 Å². The highest BCUT2D eigenvalue weighted by Crippen LogP contribution is 2.25. The van der Waals surface area contributed by atoms with Crippen LogP contribution in [0.15, 0.2) is 32.3 Å². The Bertz CT molecular complexity index is 1080. The van der Waals surface area contributed by atoms with Crippen molar-refractivity contribution in [2.45, 2.75) is 69.4 Å². The van der Waals surface area contributed by atoms with Crippen molar-refractivity contribution >= 4 is 27.0 Å². The van der Waals surface area contributed by atoms with Crippen LogP contribution in [0.25, 0.3) is 11.1 Å². The highest BCUT2D eigenvalue weighted by molar-refractivity contribution is 7.89. The number of fused-ring (bicyclic) bond motifs is 1. The topological polar surface area (TPSA) is 92.8 Å². The molecule has 2 aliphatic rings. The Kier molecular flexibility index (Phi) is 6.02. The van der Waals surface area contributed by atoms with Crippen LogP contribution in [-0.4, -0.2) is 53.8 Å². The number of benzene rings is 1. The second-order valence-electron chi connectivity index (χ2n) is 8.19. The third-order valence-corrected chi connectivity index (χ3v) is 8.20. The SMILES string of the molecule is CC[C@H]1CCCCN1C(=O)Cn1c(=O)oc2cc(S(=O)(=O)N3CCCCC3)ccc21. The number of likely N-dealkylation sites (tertiary alicyclic amines) is 1. The zero-order valence-electron chi connectivity index (χ0n) is 17.4. The van der Waals surface area contributed by atoms with Crippen molar-refractivity contribution in [2.75, 3.05) is 19.6 Å². The number of rotatable bonds is 5. The first-order chi connectivity index (χ1) is 14.4. The van der Waals surface area contributed by atoms with E-state index in [0.717, 1.165) is 44.9 Å². The lowest BCUT2D eigenvalue weighted by Gasteiger charge is -2.35. The normalized spacial score (nSPS) is 21.2. The molecule has 0 radical (unpaired) electrons. The molecule has 8 nitrogen and oxygen atoms in total. The Morgan fingerprint density at radius 2 is 1.83 bits per heavy atom. The minimum absolute atomic E-state index is 0.0967. The van der Waals surface area contributed by atoms with Crippen LogP contribution in [0.5, 0.6) is 0 Å². The van der Waals surface area contributed by atoms with Crippen LogP contribution in [0.3, 0.4) is 0 Å². The Balaban J connectivity index is 1.61. The van der Waals surface area contributed by atoms with Crippen LogP contribution in [-0.2, 0) is 21.4 Å². The fourth-order valence-corrected chi connectivity index (χ4v) is 6.12. The quantitative estimate of drug-likeness (QED) is 0.720. The summed E-state index contributed by atoms with van der Waals surface area (Å²) in [6.45, 7) is 3.70. The second kappa shape index (κ2) is 8.55. The molecule has 1 amide bonds. The predicted octanol–water partition coefficient (Wildman–Crippen LogP) is 2.56. The molecule has 30 heavy (non-hydrogen) atoms. The first-order valence-electron chi connectivity index (χ1n) is 10.8. The maximum atomic E-state index is 12.9. The van der Waals surface area contributed by atoms with Gasteiger partial charge >= 0.3 is 5.76 Å². The summed E-state index contributed by atoms with van der Waals surface area (Å²) in [5, 5.41) is 0. The van der Waals surface area contributed by atoms with Crippen molar-refractivity contribution in [3.05, 3.63) is 28.7 Å². The third kappa shape index (κ3) is 3.92. The van der Waals surface area contributed by atoms with E-state index < -0.39 is 15.8 Å². The fraction of sp³-hybridized carbons (Fsp3) is 0.619. The summed E-state index contributed by atoms with van der Waals surface area (Å²) in [5.41, 5.74) is 0.632. The van der Waals surface area contributed by atoms with Crippen LogP contribution in [0.4, 0.5) is 0 Å². The Morgan fingerprint density at radius 1 is 1.10 bits per heavy atom. The summed E-state index contributed by atoms with van der Waals surface area (Å²) in [5.74, 6) is -0.743. The molecule has 2 fully saturated rings. The van der Waals surface area contributed by atoms with Gasteiger partial charge in [-0.3, -0.25) is 9.36 Å². The highest BCUT2D eigenvalue weighted by atomic mass is 32.2. The molecule has 2 aliphatic heterocycles. The standard InChI is InChI=1S/C21H29N3O5S/c1-2-16-8-4-7-13-23(16)20(25)15-24-18-10-9-17(14-19(18)29-21(24)26)30(27,28)22-11-5-3-6-12-22/h9-10,14,16H,2-8,11-13,15H2,1H3/t16-/m0/s1. The van der Waals surface area contributed by atoms with Gasteiger partial charge in [-0.25, -0.2) is 13.2 Å². The number of sulfonamides is 1. The first-order valence-corrected chi connectivity index (χ1v) is 12.3. The van der Waals surface area contributed by atoms with Gasteiger partial charge in [0.1, 0.15) is 6.54 Å². The lowest BCUT2D eigenvalue weighted by atomic mass is 10.00. The van der Waals surface area contributed by atoms with Crippen LogP contribution in [0.2, 0.25) is 0 Å². The average Bonchev–Trinajstić information content (AvgIpc) is 3.08. The van der Waals surface area contributed by atoms with Crippen molar-refractivity contribution in [1.82, 2.24) is 13.8 Å². The van der Waals surface area contributed by atoms with Gasteiger partial charge in [0.05, 0.1) is 10.4 Å². The van der Waals surface area contributed by atoms with Gasteiger partial charge in [-0.1, -0.05) is 13.3 Å². The van der Waals surface area contributed by atoms with E-state index in [0.29, 0.717) is 25.2 Å². The largest absolute Gasteiger partial charge is 0.420 e. The Morgan fingerprint density at radius 3 is 2.57 bits per heavy atom. The summed E-state index contributed by atoms with van der Waals surface area (Å²) in [6.07, 6.45) is 6.71. The molecule has 2 saturated heterocycles. The molecule has 1 aromatic carbocycles. The number of carbonyl (C=O) groups excluding carboxylic acids is 1. The lowest BCUT2D eigenvalue weighted by Crippen LogP contribution is -2.45. The first kappa shape index (κ1) is 21.1. The van der Waals surface area contributed by atoms with E-state index in [1.165, 1.54) is 21.0 Å². The molecule has 164 valence electrons. The lowest BCUT2D eigenvalue weighted by molar-refractivity contribution is -0.135. The van der Waals surface area contributed by atoms with Gasteiger partial charge in [-0.2, -0.15) is 4.31 Å². The monoisotopic (exact) mass is 435 g/mol. The van der Waals surface area contributed by atoms with Crippen molar-refractivity contribution in [3.63, 3.8) is 0 Å². The molecule has 0 N–H and O–H groups in total. The molecule has 2 aromatic rings. The van der Waals surface area contributed by atoms with Crippen LogP contribution in [0, 0.1) is 0 Å². The van der Waals surface area contributed by atoms with E-state index in [9.17, 15) is 18.0 Å². The summed E-state index contributed by atoms with van der Waals surface area (Å²) in [6, 6.07) is 4.68. The molecule has 0 spiro atoms. The molecule has 9 heteroatoms. The van der Waals surface area contributed by atoms with Crippen molar-refractivity contribution in [2.24, 2.45) is 0 Å². The second-order valence-corrected chi connectivity index (χ2v) is 10.1. The number of oxazole rings is 1. The zero-order chi connectivity index (χ0) is 21.3. The van der Waals surface area contributed by atoms with Crippen LogP contribution < -0.4 is 5.76 Å². The molecular weight excluding hydrogens is 406 g/mol. The highest BCUT2D eigenvalue weighted by Gasteiger charge is 2.28. The van der Waals surface area contributed by atoms with Gasteiger partial charge in [0.2, 0.25) is 15.9 Å². The third-order valence-electron chi connectivity index (χ3n) is 6.30. The van der Waals surface area contributed by atoms with Gasteiger partial charge < -0.3 is 9.32 Å². The number of carbonyl (C=O) groups is 1. The number of nitrogens with zero attached hydrogens (tertiary/aromatic N) is 3. The molecule has 0 aliphatic carbocycles. The maximum Gasteiger partial charge on any atom is 0.420 e. The number of hydrogen-bond acceptors (Lipinski definition) is 5. The van der Waals surface area contributed by atoms with E-state index in [1.807, 2.05) is 4.90 Å². The number of amides is 1. The van der Waals surface area contributed by atoms with Gasteiger partial charge in [0, 0.05) is 31.7 Å². The van der Waals surface area contributed by atoms with Crippen molar-refractivity contribution in [3.8, 4) is 0 Å². The number of aromatic nitrogens is 1. The molecule has 1 aromatic heterocycles. The minimum Gasteiger partial charge on any atom is -0.408 e. The number of piperidine rings is 2. The van der Waals surface area contributed by atoms with Gasteiger partial charge in [0.25, 0.3) is 0 Å². The number of hydrogen-bond donors (Lipinski definition) is 0. The average molecular weight is 436 g/mol. The molecular formula is C21H29N3O5S. The van der Waals surface area contributed by atoms with Gasteiger partial charge in [-0.05, 0) is 50.7 Å². The Hall–Kier alpha value is -2.13. The molecule has 4 rings (SSSR count). The zero-order valence-corrected chi connectivity index (χ0v) is 18.2. The molecule has 0 bridgehead atoms. The summed E-state index contributed by atoms with van der Waals surface area (Å²) in [4.78, 5) is 27.3. The van der Waals surface area contributed by atoms with Crippen molar-refractivity contribution < 1.29 is 17.6 Å². The fourth-order valence-electron chi connectivity index (χ4n) is 4.59. The molecule has 0 unspecified atom stereocenters. The maximum absolute atomic E-state index is 12.9. The van der Waals surface area contributed by atoms with E-state index in [1.54, 1.807) is 6.07 Å². The van der Waals surface area contributed by atoms with Gasteiger partial charge in [-0.15, -0.1) is 0 Å². The minimum atomic E-state index is -3.62. The summed E-state index contributed by atoms with van der Waals surface area (Å²) in [7, 11) is -3.62. The van der Waals surface area contributed by atoms with E-state index >= 15 is 0 Å². The molecule has 0 saturated carbocycles. The van der Waals surface area contributed by atoms with Crippen LogP contribution >= 0.6 is 0 Å². The Labute approximate surface area is 176 Å². The smallest absolute Gasteiger partial charge is 0.408 e. The van der Waals surface area contributed by atoms with E-state index in [4.69, 9.17) is 4.42 Å². The van der Waals surface area contributed by atoms with Crippen molar-refractivity contribution in [1.29, 1.82) is 0 Å². The summed E-state index contributed by atoms with van der Waals surface area (Å²) < 4.78 is 33.9. The predicted molar refractivity (Wildman–Crippen MR) is 113 cm³/mol. The molecule has 3 heterocycles. The van der Waals surface area contributed by atoms with E-state index in [2.05, 4.69) is 6.92 Å². The van der Waals surface area contributed by atoms with E-state index in [-0.39, 0.29) is 29.0 Å². The molecule has 1 atom stereocenters.